The summed E-state index contributed by atoms with van der Waals surface area (Å²) in [7, 11) is 0. The molecule has 0 aliphatic carbocycles. The first-order valence-electron chi connectivity index (χ1n) is 5.61. The van der Waals surface area contributed by atoms with E-state index < -0.39 is 11.5 Å². The molecule has 1 unspecified atom stereocenters. The molecule has 0 spiro atoms. The number of nitrogen functional groups attached to an aromatic ring is 1. The van der Waals surface area contributed by atoms with Crippen molar-refractivity contribution in [3.8, 4) is 0 Å². The molecular weight excluding hydrogens is 254 g/mol. The van der Waals surface area contributed by atoms with Gasteiger partial charge in [0.15, 0.2) is 5.13 Å². The number of thiazole rings is 1. The normalized spacial score (nSPS) is 13.9. The smallest absolute Gasteiger partial charge is 0.329 e. The minimum Gasteiger partial charge on any atom is -0.480 e. The van der Waals surface area contributed by atoms with Crippen molar-refractivity contribution in [2.45, 2.75) is 38.6 Å². The van der Waals surface area contributed by atoms with Gasteiger partial charge in [0.1, 0.15) is 5.54 Å². The number of carboxylic acid groups (broad SMARTS) is 1. The van der Waals surface area contributed by atoms with Crippen molar-refractivity contribution >= 4 is 28.3 Å². The molecule has 100 valence electrons. The number of amides is 1. The Bertz CT molecular complexity index is 446. The summed E-state index contributed by atoms with van der Waals surface area (Å²) in [6.07, 6.45) is 1.10. The summed E-state index contributed by atoms with van der Waals surface area (Å²) in [6.45, 7) is 3.38. The summed E-state index contributed by atoms with van der Waals surface area (Å²) in [5, 5.41) is 13.8. The van der Waals surface area contributed by atoms with Gasteiger partial charge >= 0.3 is 5.97 Å². The second-order valence-corrected chi connectivity index (χ2v) is 5.18. The Kier molecular flexibility index (Phi) is 4.66. The molecule has 18 heavy (non-hydrogen) atoms. The molecule has 0 fully saturated rings. The average Bonchev–Trinajstić information content (AvgIpc) is 2.63. The number of hydrogen-bond donors (Lipinski definition) is 3. The lowest BCUT2D eigenvalue weighted by Gasteiger charge is -2.25. The predicted octanol–water partition coefficient (Wildman–Crippen LogP) is 1.03. The van der Waals surface area contributed by atoms with Crippen molar-refractivity contribution in [3.63, 3.8) is 0 Å². The maximum atomic E-state index is 11.8. The van der Waals surface area contributed by atoms with E-state index in [0.717, 1.165) is 0 Å². The van der Waals surface area contributed by atoms with Crippen LogP contribution in [0.5, 0.6) is 0 Å². The molecule has 0 bridgehead atoms. The van der Waals surface area contributed by atoms with Crippen LogP contribution in [0.2, 0.25) is 0 Å². The first-order valence-corrected chi connectivity index (χ1v) is 6.49. The van der Waals surface area contributed by atoms with E-state index in [-0.39, 0.29) is 12.3 Å². The van der Waals surface area contributed by atoms with E-state index >= 15 is 0 Å². The van der Waals surface area contributed by atoms with Crippen molar-refractivity contribution in [2.75, 3.05) is 5.73 Å². The van der Waals surface area contributed by atoms with Gasteiger partial charge in [0.05, 0.1) is 12.1 Å². The van der Waals surface area contributed by atoms with E-state index in [1.807, 2.05) is 6.92 Å². The van der Waals surface area contributed by atoms with Crippen LogP contribution in [-0.2, 0) is 16.0 Å². The van der Waals surface area contributed by atoms with E-state index in [2.05, 4.69) is 10.3 Å². The zero-order valence-corrected chi connectivity index (χ0v) is 11.2. The number of carboxylic acids is 1. The van der Waals surface area contributed by atoms with Gasteiger partial charge in [-0.1, -0.05) is 13.3 Å². The van der Waals surface area contributed by atoms with Crippen LogP contribution in [0, 0.1) is 0 Å². The number of hydrogen-bond acceptors (Lipinski definition) is 5. The molecule has 4 N–H and O–H groups in total. The topological polar surface area (TPSA) is 105 Å². The summed E-state index contributed by atoms with van der Waals surface area (Å²) in [5.41, 5.74) is 4.79. The van der Waals surface area contributed by atoms with E-state index in [4.69, 9.17) is 10.8 Å². The van der Waals surface area contributed by atoms with Gasteiger partial charge in [-0.2, -0.15) is 0 Å². The summed E-state index contributed by atoms with van der Waals surface area (Å²) < 4.78 is 0. The standard InChI is InChI=1S/C11H17N3O3S/c1-3-4-11(2,9(16)17)14-8(15)5-7-6-18-10(12)13-7/h6H,3-5H2,1-2H3,(H2,12,13)(H,14,15)(H,16,17). The fourth-order valence-electron chi connectivity index (χ4n) is 1.64. The van der Waals surface area contributed by atoms with Gasteiger partial charge in [0, 0.05) is 5.38 Å². The van der Waals surface area contributed by atoms with Crippen molar-refractivity contribution in [1.82, 2.24) is 10.3 Å². The third kappa shape index (κ3) is 3.69. The zero-order valence-electron chi connectivity index (χ0n) is 10.4. The Hall–Kier alpha value is -1.63. The van der Waals surface area contributed by atoms with Crippen LogP contribution in [0.15, 0.2) is 5.38 Å². The molecule has 1 aromatic heterocycles. The van der Waals surface area contributed by atoms with Crippen molar-refractivity contribution in [1.29, 1.82) is 0 Å². The Labute approximate surface area is 109 Å². The Morgan fingerprint density at radius 1 is 1.61 bits per heavy atom. The van der Waals surface area contributed by atoms with Crippen LogP contribution >= 0.6 is 11.3 Å². The zero-order chi connectivity index (χ0) is 13.8. The van der Waals surface area contributed by atoms with Gasteiger partial charge in [-0.05, 0) is 13.3 Å². The maximum absolute atomic E-state index is 11.8. The molecule has 0 aliphatic rings. The van der Waals surface area contributed by atoms with Gasteiger partial charge in [-0.25, -0.2) is 9.78 Å². The van der Waals surface area contributed by atoms with E-state index in [1.165, 1.54) is 18.3 Å². The van der Waals surface area contributed by atoms with E-state index in [0.29, 0.717) is 23.7 Å². The lowest BCUT2D eigenvalue weighted by atomic mass is 9.96. The largest absolute Gasteiger partial charge is 0.480 e. The third-order valence-corrected chi connectivity index (χ3v) is 3.27. The highest BCUT2D eigenvalue weighted by molar-refractivity contribution is 7.13. The summed E-state index contributed by atoms with van der Waals surface area (Å²) in [6, 6.07) is 0. The minimum atomic E-state index is -1.23. The highest BCUT2D eigenvalue weighted by Gasteiger charge is 2.33. The van der Waals surface area contributed by atoms with Crippen LogP contribution < -0.4 is 11.1 Å². The van der Waals surface area contributed by atoms with Gasteiger partial charge < -0.3 is 16.2 Å². The van der Waals surface area contributed by atoms with E-state index in [1.54, 1.807) is 5.38 Å². The summed E-state index contributed by atoms with van der Waals surface area (Å²) >= 11 is 1.25. The van der Waals surface area contributed by atoms with Crippen LogP contribution in [-0.4, -0.2) is 27.5 Å². The second kappa shape index (κ2) is 5.81. The van der Waals surface area contributed by atoms with Crippen LogP contribution in [0.3, 0.4) is 0 Å². The highest BCUT2D eigenvalue weighted by Crippen LogP contribution is 2.15. The maximum Gasteiger partial charge on any atom is 0.329 e. The van der Waals surface area contributed by atoms with Crippen LogP contribution in [0.1, 0.15) is 32.4 Å². The molecule has 1 atom stereocenters. The Morgan fingerprint density at radius 3 is 2.72 bits per heavy atom. The minimum absolute atomic E-state index is 0.0419. The molecule has 1 aromatic rings. The molecule has 0 radical (unpaired) electrons. The van der Waals surface area contributed by atoms with Crippen LogP contribution in [0.25, 0.3) is 0 Å². The molecule has 7 heteroatoms. The SMILES string of the molecule is CCCC(C)(NC(=O)Cc1csc(N)n1)C(=O)O. The number of nitrogens with one attached hydrogen (secondary N) is 1. The second-order valence-electron chi connectivity index (χ2n) is 4.29. The molecule has 0 aromatic carbocycles. The number of carbonyl (C=O) groups is 2. The van der Waals surface area contributed by atoms with Gasteiger partial charge in [-0.3, -0.25) is 4.79 Å². The number of aliphatic carboxylic acids is 1. The number of rotatable bonds is 6. The first-order chi connectivity index (χ1) is 8.37. The van der Waals surface area contributed by atoms with Gasteiger partial charge in [0.2, 0.25) is 5.91 Å². The number of aromatic nitrogens is 1. The molecule has 0 aliphatic heterocycles. The summed E-state index contributed by atoms with van der Waals surface area (Å²) in [5.74, 6) is -1.39. The molecule has 1 heterocycles. The lowest BCUT2D eigenvalue weighted by Crippen LogP contribution is -2.52. The number of nitrogens with zero attached hydrogens (tertiary/aromatic N) is 1. The van der Waals surface area contributed by atoms with Crippen LogP contribution in [0.4, 0.5) is 5.13 Å². The highest BCUT2D eigenvalue weighted by atomic mass is 32.1. The van der Waals surface area contributed by atoms with Gasteiger partial charge in [0.25, 0.3) is 0 Å². The Morgan fingerprint density at radius 2 is 2.28 bits per heavy atom. The molecule has 1 amide bonds. The fraction of sp³-hybridized carbons (Fsp3) is 0.545. The van der Waals surface area contributed by atoms with Crippen molar-refractivity contribution < 1.29 is 14.7 Å². The molecule has 0 saturated heterocycles. The van der Waals surface area contributed by atoms with E-state index in [9.17, 15) is 9.59 Å². The lowest BCUT2D eigenvalue weighted by molar-refractivity contribution is -0.147. The number of anilines is 1. The first kappa shape index (κ1) is 14.4. The molecular formula is C11H17N3O3S. The van der Waals surface area contributed by atoms with Gasteiger partial charge in [-0.15, -0.1) is 11.3 Å². The molecule has 6 nitrogen and oxygen atoms in total. The summed E-state index contributed by atoms with van der Waals surface area (Å²) in [4.78, 5) is 26.9. The van der Waals surface area contributed by atoms with Crippen molar-refractivity contribution in [2.24, 2.45) is 0 Å². The molecule has 1 rings (SSSR count). The Balaban J connectivity index is 2.65. The number of nitrogens with two attached hydrogens (primary N) is 1. The fourth-order valence-corrected chi connectivity index (χ4v) is 2.21. The predicted molar refractivity (Wildman–Crippen MR) is 69.3 cm³/mol. The average molecular weight is 271 g/mol. The third-order valence-electron chi connectivity index (χ3n) is 2.55. The molecule has 0 saturated carbocycles. The quantitative estimate of drug-likeness (QED) is 0.716. The number of carbonyl (C=O) groups excluding carboxylic acids is 1. The monoisotopic (exact) mass is 271 g/mol. The van der Waals surface area contributed by atoms with Crippen molar-refractivity contribution in [3.05, 3.63) is 11.1 Å².